The summed E-state index contributed by atoms with van der Waals surface area (Å²) >= 11 is 1.35. The Labute approximate surface area is 193 Å². The number of aromatic nitrogens is 1. The van der Waals surface area contributed by atoms with Crippen molar-refractivity contribution in [3.63, 3.8) is 0 Å². The van der Waals surface area contributed by atoms with E-state index in [0.29, 0.717) is 10.8 Å². The number of amides is 3. The molecule has 1 aliphatic carbocycles. The number of rotatable bonds is 8. The van der Waals surface area contributed by atoms with Crippen molar-refractivity contribution >= 4 is 39.9 Å². The van der Waals surface area contributed by atoms with Crippen molar-refractivity contribution in [3.05, 3.63) is 40.4 Å². The number of anilines is 2. The molecule has 2 N–H and O–H groups in total. The van der Waals surface area contributed by atoms with Gasteiger partial charge in [-0.1, -0.05) is 25.3 Å². The van der Waals surface area contributed by atoms with E-state index >= 15 is 0 Å². The normalized spacial score (nSPS) is 14.1. The van der Waals surface area contributed by atoms with E-state index in [2.05, 4.69) is 15.6 Å². The molecule has 7 nitrogen and oxygen atoms in total. The molecule has 0 saturated heterocycles. The zero-order valence-electron chi connectivity index (χ0n) is 19.1. The Kier molecular flexibility index (Phi) is 8.39. The van der Waals surface area contributed by atoms with Crippen LogP contribution in [0.25, 0.3) is 0 Å². The van der Waals surface area contributed by atoms with Crippen molar-refractivity contribution in [2.75, 3.05) is 16.8 Å². The summed E-state index contributed by atoms with van der Waals surface area (Å²) in [6, 6.07) is 6.01. The number of carbonyl (C=O) groups is 3. The van der Waals surface area contributed by atoms with Crippen molar-refractivity contribution in [1.82, 2.24) is 10.3 Å². The Morgan fingerprint density at radius 1 is 1.00 bits per heavy atom. The molecule has 0 bridgehead atoms. The van der Waals surface area contributed by atoms with E-state index in [-0.39, 0.29) is 43.1 Å². The van der Waals surface area contributed by atoms with Crippen LogP contribution in [0.15, 0.2) is 23.6 Å². The Hall–Kier alpha value is -2.74. The summed E-state index contributed by atoms with van der Waals surface area (Å²) in [5.41, 5.74) is 3.55. The van der Waals surface area contributed by atoms with Gasteiger partial charge in [-0.2, -0.15) is 0 Å². The molecule has 1 saturated carbocycles. The summed E-state index contributed by atoms with van der Waals surface area (Å²) in [7, 11) is 0. The molecule has 0 spiro atoms. The standard InChI is InChI=1S/C24H32N4O3S/c1-16-11-17(2)13-20(12-16)28(14-22(30)26-19-7-5-4-6-8-19)23(31)10-9-21(29)27-24-25-18(3)15-32-24/h11-13,15,19H,4-10,14H2,1-3H3,(H,26,30)(H,25,27,29). The number of nitrogens with zero attached hydrogens (tertiary/aromatic N) is 2. The zero-order chi connectivity index (χ0) is 23.1. The molecular weight excluding hydrogens is 424 g/mol. The Morgan fingerprint density at radius 2 is 1.69 bits per heavy atom. The van der Waals surface area contributed by atoms with Crippen molar-refractivity contribution in [1.29, 1.82) is 0 Å². The summed E-state index contributed by atoms with van der Waals surface area (Å²) in [6.45, 7) is 5.73. The molecule has 1 fully saturated rings. The number of hydrogen-bond donors (Lipinski definition) is 2. The van der Waals surface area contributed by atoms with Gasteiger partial charge in [-0.15, -0.1) is 11.3 Å². The number of hydrogen-bond acceptors (Lipinski definition) is 5. The summed E-state index contributed by atoms with van der Waals surface area (Å²) < 4.78 is 0. The van der Waals surface area contributed by atoms with Crippen LogP contribution in [0.3, 0.4) is 0 Å². The molecule has 32 heavy (non-hydrogen) atoms. The lowest BCUT2D eigenvalue weighted by Crippen LogP contribution is -2.45. The van der Waals surface area contributed by atoms with Gasteiger partial charge in [-0.25, -0.2) is 4.98 Å². The summed E-state index contributed by atoms with van der Waals surface area (Å²) in [5, 5.41) is 8.19. The minimum absolute atomic E-state index is 0.0138. The number of thiazole rings is 1. The van der Waals surface area contributed by atoms with E-state index < -0.39 is 0 Å². The Bertz CT molecular complexity index is 946. The van der Waals surface area contributed by atoms with E-state index in [4.69, 9.17) is 0 Å². The highest BCUT2D eigenvalue weighted by Crippen LogP contribution is 2.21. The first-order valence-corrected chi connectivity index (χ1v) is 12.1. The molecule has 0 unspecified atom stereocenters. The first kappa shape index (κ1) is 23.9. The third kappa shape index (κ3) is 7.15. The van der Waals surface area contributed by atoms with Crippen LogP contribution in [-0.2, 0) is 14.4 Å². The van der Waals surface area contributed by atoms with E-state index in [1.807, 2.05) is 44.4 Å². The molecule has 0 aliphatic heterocycles. The van der Waals surface area contributed by atoms with Gasteiger partial charge >= 0.3 is 0 Å². The Morgan fingerprint density at radius 3 is 2.31 bits per heavy atom. The molecular formula is C24H32N4O3S. The second kappa shape index (κ2) is 11.2. The fourth-order valence-electron chi connectivity index (χ4n) is 4.04. The number of aryl methyl sites for hydroxylation is 3. The maximum absolute atomic E-state index is 13.1. The summed E-state index contributed by atoms with van der Waals surface area (Å²) in [5.74, 6) is -0.675. The first-order chi connectivity index (χ1) is 15.3. The molecule has 1 aliphatic rings. The van der Waals surface area contributed by atoms with Crippen LogP contribution in [-0.4, -0.2) is 35.3 Å². The monoisotopic (exact) mass is 456 g/mol. The van der Waals surface area contributed by atoms with Gasteiger partial charge in [-0.3, -0.25) is 14.4 Å². The van der Waals surface area contributed by atoms with Gasteiger partial charge in [0.25, 0.3) is 0 Å². The third-order valence-corrected chi connectivity index (χ3v) is 6.40. The smallest absolute Gasteiger partial charge is 0.240 e. The van der Waals surface area contributed by atoms with Gasteiger partial charge in [0.1, 0.15) is 6.54 Å². The largest absolute Gasteiger partial charge is 0.352 e. The van der Waals surface area contributed by atoms with Gasteiger partial charge in [-0.05, 0) is 56.9 Å². The maximum Gasteiger partial charge on any atom is 0.240 e. The lowest BCUT2D eigenvalue weighted by Gasteiger charge is -2.27. The van der Waals surface area contributed by atoms with E-state index in [1.54, 1.807) is 0 Å². The molecule has 3 amide bonds. The van der Waals surface area contributed by atoms with Crippen molar-refractivity contribution in [3.8, 4) is 0 Å². The number of nitrogens with one attached hydrogen (secondary N) is 2. The van der Waals surface area contributed by atoms with E-state index in [1.165, 1.54) is 22.7 Å². The lowest BCUT2D eigenvalue weighted by atomic mass is 9.95. The van der Waals surface area contributed by atoms with Crippen LogP contribution in [0.4, 0.5) is 10.8 Å². The highest BCUT2D eigenvalue weighted by atomic mass is 32.1. The fraction of sp³-hybridized carbons (Fsp3) is 0.500. The quantitative estimate of drug-likeness (QED) is 0.621. The van der Waals surface area contributed by atoms with Crippen LogP contribution in [0, 0.1) is 20.8 Å². The number of carbonyl (C=O) groups excluding carboxylic acids is 3. The minimum atomic E-state index is -0.264. The van der Waals surface area contributed by atoms with Crippen LogP contribution in [0.2, 0.25) is 0 Å². The molecule has 0 atom stereocenters. The molecule has 3 rings (SSSR count). The van der Waals surface area contributed by atoms with Gasteiger partial charge in [0.05, 0.1) is 5.69 Å². The second-order valence-corrected chi connectivity index (χ2v) is 9.43. The third-order valence-electron chi connectivity index (χ3n) is 5.52. The lowest BCUT2D eigenvalue weighted by molar-refractivity contribution is -0.125. The van der Waals surface area contributed by atoms with Crippen LogP contribution < -0.4 is 15.5 Å². The topological polar surface area (TPSA) is 91.4 Å². The van der Waals surface area contributed by atoms with E-state index in [0.717, 1.165) is 42.5 Å². The molecule has 172 valence electrons. The van der Waals surface area contributed by atoms with Crippen LogP contribution >= 0.6 is 11.3 Å². The molecule has 1 aromatic heterocycles. The average molecular weight is 457 g/mol. The van der Waals surface area contributed by atoms with Crippen LogP contribution in [0.1, 0.15) is 61.8 Å². The summed E-state index contributed by atoms with van der Waals surface area (Å²) in [4.78, 5) is 43.9. The highest BCUT2D eigenvalue weighted by molar-refractivity contribution is 7.13. The summed E-state index contributed by atoms with van der Waals surface area (Å²) in [6.07, 6.45) is 5.47. The first-order valence-electron chi connectivity index (χ1n) is 11.2. The molecule has 1 aromatic carbocycles. The predicted molar refractivity (Wildman–Crippen MR) is 128 cm³/mol. The van der Waals surface area contributed by atoms with E-state index in [9.17, 15) is 14.4 Å². The average Bonchev–Trinajstić information content (AvgIpc) is 3.14. The van der Waals surface area contributed by atoms with Gasteiger partial charge in [0, 0.05) is 30.0 Å². The highest BCUT2D eigenvalue weighted by Gasteiger charge is 2.23. The zero-order valence-corrected chi connectivity index (χ0v) is 19.9. The SMILES string of the molecule is Cc1cc(C)cc(N(CC(=O)NC2CCCCC2)C(=O)CCC(=O)Nc2nc(C)cs2)c1. The van der Waals surface area contributed by atoms with Gasteiger partial charge in [0.15, 0.2) is 5.13 Å². The molecule has 8 heteroatoms. The molecule has 2 aromatic rings. The fourth-order valence-corrected chi connectivity index (χ4v) is 4.75. The van der Waals surface area contributed by atoms with Gasteiger partial charge < -0.3 is 15.5 Å². The maximum atomic E-state index is 13.1. The van der Waals surface area contributed by atoms with Gasteiger partial charge in [0.2, 0.25) is 17.7 Å². The molecule has 1 heterocycles. The second-order valence-electron chi connectivity index (χ2n) is 8.57. The Balaban J connectivity index is 1.65. The molecule has 0 radical (unpaired) electrons. The van der Waals surface area contributed by atoms with Crippen molar-refractivity contribution < 1.29 is 14.4 Å². The van der Waals surface area contributed by atoms with Crippen LogP contribution in [0.5, 0.6) is 0 Å². The van der Waals surface area contributed by atoms with Crippen molar-refractivity contribution in [2.45, 2.75) is 71.8 Å². The number of benzene rings is 1. The minimum Gasteiger partial charge on any atom is -0.352 e. The van der Waals surface area contributed by atoms with Crippen molar-refractivity contribution in [2.24, 2.45) is 0 Å². The predicted octanol–water partition coefficient (Wildman–Crippen LogP) is 4.27.